The number of nitrogens with one attached hydrogen (secondary N) is 1. The fourth-order valence-electron chi connectivity index (χ4n) is 3.21. The highest BCUT2D eigenvalue weighted by Crippen LogP contribution is 2.39. The van der Waals surface area contributed by atoms with Crippen LogP contribution < -0.4 is 0 Å². The molecular formula is C17H22N6O2. The first-order valence-corrected chi connectivity index (χ1v) is 8.63. The fraction of sp³-hybridized carbons (Fsp3) is 0.529. The van der Waals surface area contributed by atoms with Crippen molar-refractivity contribution in [1.29, 1.82) is 0 Å². The van der Waals surface area contributed by atoms with Crippen molar-refractivity contribution in [2.24, 2.45) is 0 Å². The minimum atomic E-state index is -0.126. The molecule has 4 rings (SSSR count). The number of nitrogens with zero attached hydrogens (tertiary/aromatic N) is 5. The van der Waals surface area contributed by atoms with Gasteiger partial charge in [0.15, 0.2) is 5.69 Å². The lowest BCUT2D eigenvalue weighted by atomic mass is 10.2. The number of fused-ring (bicyclic) bond motifs is 1. The van der Waals surface area contributed by atoms with E-state index in [1.165, 1.54) is 12.8 Å². The topological polar surface area (TPSA) is 87.1 Å². The quantitative estimate of drug-likeness (QED) is 0.902. The molecule has 2 aliphatic rings. The molecule has 132 valence electrons. The molecule has 1 aliphatic carbocycles. The first kappa shape index (κ1) is 15.9. The van der Waals surface area contributed by atoms with E-state index in [1.54, 1.807) is 29.8 Å². The van der Waals surface area contributed by atoms with Crippen LogP contribution in [0.1, 0.15) is 53.3 Å². The Hall–Kier alpha value is -2.64. The number of aromatic amines is 1. The summed E-state index contributed by atoms with van der Waals surface area (Å²) in [5, 5.41) is 11.8. The van der Waals surface area contributed by atoms with Gasteiger partial charge in [0.05, 0.1) is 36.7 Å². The van der Waals surface area contributed by atoms with E-state index in [1.807, 2.05) is 10.7 Å². The van der Waals surface area contributed by atoms with Crippen LogP contribution in [0.3, 0.4) is 0 Å². The summed E-state index contributed by atoms with van der Waals surface area (Å²) in [6, 6.07) is 3.83. The van der Waals surface area contributed by atoms with Gasteiger partial charge in [-0.05, 0) is 25.0 Å². The highest BCUT2D eigenvalue weighted by atomic mass is 16.2. The predicted octanol–water partition coefficient (Wildman–Crippen LogP) is 1.12. The molecule has 8 nitrogen and oxygen atoms in total. The van der Waals surface area contributed by atoms with Crippen molar-refractivity contribution in [2.45, 2.75) is 45.3 Å². The number of amides is 2. The first-order chi connectivity index (χ1) is 12.0. The van der Waals surface area contributed by atoms with Crippen LogP contribution >= 0.6 is 0 Å². The molecule has 1 N–H and O–H groups in total. The van der Waals surface area contributed by atoms with Crippen LogP contribution in [-0.2, 0) is 24.4 Å². The van der Waals surface area contributed by atoms with Gasteiger partial charge in [-0.3, -0.25) is 19.4 Å². The summed E-state index contributed by atoms with van der Waals surface area (Å²) in [5.41, 5.74) is 3.35. The molecule has 2 amide bonds. The maximum atomic E-state index is 12.7. The van der Waals surface area contributed by atoms with Gasteiger partial charge in [-0.1, -0.05) is 0 Å². The molecule has 0 atom stereocenters. The number of carbonyl (C=O) groups excluding carboxylic acids is 2. The minimum absolute atomic E-state index is 0.0446. The lowest BCUT2D eigenvalue weighted by Crippen LogP contribution is -2.36. The molecule has 0 spiro atoms. The predicted molar refractivity (Wildman–Crippen MR) is 89.7 cm³/mol. The molecule has 2 aromatic heterocycles. The van der Waals surface area contributed by atoms with Crippen LogP contribution in [0.5, 0.6) is 0 Å². The SMILES string of the molecule is CC(=O)N1CCn2nc(C(=O)N(C)Cc3cc(C4CC4)n[nH]3)cc2C1. The Bertz CT molecular complexity index is 819. The summed E-state index contributed by atoms with van der Waals surface area (Å²) in [6.45, 7) is 3.79. The van der Waals surface area contributed by atoms with Crippen molar-refractivity contribution < 1.29 is 9.59 Å². The highest BCUT2D eigenvalue weighted by molar-refractivity contribution is 5.92. The van der Waals surface area contributed by atoms with Gasteiger partial charge in [0.25, 0.3) is 5.91 Å². The highest BCUT2D eigenvalue weighted by Gasteiger charge is 2.27. The zero-order valence-electron chi connectivity index (χ0n) is 14.5. The van der Waals surface area contributed by atoms with Gasteiger partial charge in [0.2, 0.25) is 5.91 Å². The van der Waals surface area contributed by atoms with Crippen LogP contribution in [0, 0.1) is 0 Å². The molecule has 1 aliphatic heterocycles. The molecule has 0 aromatic carbocycles. The third kappa shape index (κ3) is 3.16. The lowest BCUT2D eigenvalue weighted by Gasteiger charge is -2.26. The number of carbonyl (C=O) groups is 2. The molecule has 3 heterocycles. The molecule has 1 fully saturated rings. The van der Waals surface area contributed by atoms with Crippen LogP contribution in [0.15, 0.2) is 12.1 Å². The molecule has 0 radical (unpaired) electrons. The van der Waals surface area contributed by atoms with Crippen LogP contribution in [0.25, 0.3) is 0 Å². The summed E-state index contributed by atoms with van der Waals surface area (Å²) >= 11 is 0. The van der Waals surface area contributed by atoms with Crippen molar-refractivity contribution >= 4 is 11.8 Å². The van der Waals surface area contributed by atoms with Crippen LogP contribution in [0.4, 0.5) is 0 Å². The molecule has 0 bridgehead atoms. The van der Waals surface area contributed by atoms with Gasteiger partial charge >= 0.3 is 0 Å². The summed E-state index contributed by atoms with van der Waals surface area (Å²) in [7, 11) is 1.76. The Balaban J connectivity index is 1.44. The molecule has 0 unspecified atom stereocenters. The fourth-order valence-corrected chi connectivity index (χ4v) is 3.21. The Labute approximate surface area is 145 Å². The van der Waals surface area contributed by atoms with Gasteiger partial charge in [0, 0.05) is 26.4 Å². The smallest absolute Gasteiger partial charge is 0.274 e. The van der Waals surface area contributed by atoms with E-state index in [2.05, 4.69) is 15.3 Å². The second kappa shape index (κ2) is 6.02. The van der Waals surface area contributed by atoms with Gasteiger partial charge in [-0.25, -0.2) is 0 Å². The number of aromatic nitrogens is 4. The Morgan fingerprint density at radius 3 is 2.84 bits per heavy atom. The van der Waals surface area contributed by atoms with E-state index >= 15 is 0 Å². The van der Waals surface area contributed by atoms with Crippen molar-refractivity contribution in [3.8, 4) is 0 Å². The summed E-state index contributed by atoms with van der Waals surface area (Å²) in [6.07, 6.45) is 2.41. The van der Waals surface area contributed by atoms with Crippen molar-refractivity contribution in [3.63, 3.8) is 0 Å². The molecule has 25 heavy (non-hydrogen) atoms. The third-order valence-corrected chi connectivity index (χ3v) is 4.86. The zero-order valence-corrected chi connectivity index (χ0v) is 14.5. The second-order valence-electron chi connectivity index (χ2n) is 6.94. The van der Waals surface area contributed by atoms with E-state index in [0.29, 0.717) is 37.8 Å². The normalized spacial score (nSPS) is 16.6. The maximum absolute atomic E-state index is 12.7. The molecule has 0 saturated heterocycles. The zero-order chi connectivity index (χ0) is 17.6. The monoisotopic (exact) mass is 342 g/mol. The standard InChI is InChI=1S/C17H22N6O2/c1-11(24)22-5-6-23-14(10-22)8-16(20-23)17(25)21(2)9-13-7-15(19-18-13)12-3-4-12/h7-8,12H,3-6,9-10H2,1-2H3,(H,18,19). The number of hydrogen-bond donors (Lipinski definition) is 1. The van der Waals surface area contributed by atoms with Gasteiger partial charge in [-0.15, -0.1) is 0 Å². The lowest BCUT2D eigenvalue weighted by molar-refractivity contribution is -0.130. The summed E-state index contributed by atoms with van der Waals surface area (Å²) in [5.74, 6) is 0.511. The van der Waals surface area contributed by atoms with Crippen LogP contribution in [-0.4, -0.2) is 55.2 Å². The Kier molecular flexibility index (Phi) is 3.82. The van der Waals surface area contributed by atoms with E-state index in [4.69, 9.17) is 0 Å². The van der Waals surface area contributed by atoms with Crippen molar-refractivity contribution in [1.82, 2.24) is 29.8 Å². The molecule has 1 saturated carbocycles. The first-order valence-electron chi connectivity index (χ1n) is 8.63. The molecule has 2 aromatic rings. The Morgan fingerprint density at radius 1 is 1.32 bits per heavy atom. The maximum Gasteiger partial charge on any atom is 0.274 e. The number of hydrogen-bond acceptors (Lipinski definition) is 4. The number of H-pyrrole nitrogens is 1. The van der Waals surface area contributed by atoms with Gasteiger partial charge in [-0.2, -0.15) is 10.2 Å². The minimum Gasteiger partial charge on any atom is -0.335 e. The average molecular weight is 342 g/mol. The molecular weight excluding hydrogens is 320 g/mol. The Morgan fingerprint density at radius 2 is 2.12 bits per heavy atom. The van der Waals surface area contributed by atoms with E-state index < -0.39 is 0 Å². The van der Waals surface area contributed by atoms with Crippen LogP contribution in [0.2, 0.25) is 0 Å². The van der Waals surface area contributed by atoms with Crippen molar-refractivity contribution in [2.75, 3.05) is 13.6 Å². The summed E-state index contributed by atoms with van der Waals surface area (Å²) < 4.78 is 1.82. The van der Waals surface area contributed by atoms with E-state index in [-0.39, 0.29) is 11.8 Å². The van der Waals surface area contributed by atoms with Gasteiger partial charge < -0.3 is 9.80 Å². The third-order valence-electron chi connectivity index (χ3n) is 4.86. The summed E-state index contributed by atoms with van der Waals surface area (Å²) in [4.78, 5) is 27.6. The second-order valence-corrected chi connectivity index (χ2v) is 6.94. The van der Waals surface area contributed by atoms with Crippen molar-refractivity contribution in [3.05, 3.63) is 34.9 Å². The largest absolute Gasteiger partial charge is 0.335 e. The average Bonchev–Trinajstić information content (AvgIpc) is 3.18. The van der Waals surface area contributed by atoms with E-state index in [0.717, 1.165) is 17.1 Å². The van der Waals surface area contributed by atoms with E-state index in [9.17, 15) is 9.59 Å². The molecule has 8 heteroatoms. The van der Waals surface area contributed by atoms with Gasteiger partial charge in [0.1, 0.15) is 0 Å². The number of rotatable bonds is 4.